The normalized spacial score (nSPS) is 11.4. The molecular weight excluding hydrogens is 332 g/mol. The maximum absolute atomic E-state index is 9.76. The molecule has 0 spiro atoms. The Bertz CT molecular complexity index is 1110. The van der Waals surface area contributed by atoms with Crippen molar-refractivity contribution in [2.75, 3.05) is 12.0 Å². The quantitative estimate of drug-likeness (QED) is 0.425. The molecule has 2 heterocycles. The third-order valence-corrected chi connectivity index (χ3v) is 3.83. The van der Waals surface area contributed by atoms with Crippen molar-refractivity contribution < 1.29 is 9.84 Å². The lowest BCUT2D eigenvalue weighted by molar-refractivity contribution is 0.318. The highest BCUT2D eigenvalue weighted by Crippen LogP contribution is 2.26. The predicted molar refractivity (Wildman–Crippen MR) is 98.8 cm³/mol. The zero-order chi connectivity index (χ0) is 17.9. The monoisotopic (exact) mass is 348 g/mol. The van der Waals surface area contributed by atoms with Crippen LogP contribution in [0.15, 0.2) is 53.9 Å². The Kier molecular flexibility index (Phi) is 4.06. The average molecular weight is 348 g/mol. The van der Waals surface area contributed by atoms with Gasteiger partial charge in [-0.2, -0.15) is 9.62 Å². The van der Waals surface area contributed by atoms with E-state index in [1.54, 1.807) is 35.3 Å². The fraction of sp³-hybridized carbons (Fsp3) is 0.111. The van der Waals surface area contributed by atoms with Gasteiger partial charge in [-0.15, -0.1) is 15.3 Å². The van der Waals surface area contributed by atoms with E-state index < -0.39 is 0 Å². The maximum Gasteiger partial charge on any atom is 0.185 e. The van der Waals surface area contributed by atoms with Crippen LogP contribution in [0.5, 0.6) is 11.5 Å². The van der Waals surface area contributed by atoms with Gasteiger partial charge in [0.1, 0.15) is 6.33 Å². The molecule has 0 amide bonds. The fourth-order valence-electron chi connectivity index (χ4n) is 2.66. The van der Waals surface area contributed by atoms with Crippen molar-refractivity contribution in [3.8, 4) is 11.5 Å². The van der Waals surface area contributed by atoms with Gasteiger partial charge in [0.05, 0.1) is 12.8 Å². The van der Waals surface area contributed by atoms with Crippen LogP contribution in [0.2, 0.25) is 0 Å². The third-order valence-electron chi connectivity index (χ3n) is 3.83. The minimum atomic E-state index is 0.0997. The van der Waals surface area contributed by atoms with Gasteiger partial charge in [0.15, 0.2) is 23.0 Å². The molecule has 0 bridgehead atoms. The maximum atomic E-state index is 9.76. The molecule has 0 aliphatic heterocycles. The van der Waals surface area contributed by atoms with E-state index in [0.29, 0.717) is 23.8 Å². The lowest BCUT2D eigenvalue weighted by Gasteiger charge is -2.07. The summed E-state index contributed by atoms with van der Waals surface area (Å²) in [5.74, 6) is 1.11. The molecule has 0 radical (unpaired) electrons. The molecule has 0 fully saturated rings. The smallest absolute Gasteiger partial charge is 0.185 e. The first-order chi connectivity index (χ1) is 12.8. The second kappa shape index (κ2) is 6.67. The number of benzene rings is 2. The van der Waals surface area contributed by atoms with Crippen molar-refractivity contribution in [2.24, 2.45) is 5.10 Å². The van der Waals surface area contributed by atoms with Gasteiger partial charge in [-0.3, -0.25) is 5.43 Å². The summed E-state index contributed by atoms with van der Waals surface area (Å²) >= 11 is 0. The average Bonchev–Trinajstić information content (AvgIpc) is 3.13. The van der Waals surface area contributed by atoms with Crippen molar-refractivity contribution in [3.63, 3.8) is 0 Å². The number of rotatable bonds is 5. The highest BCUT2D eigenvalue weighted by atomic mass is 16.5. The van der Waals surface area contributed by atoms with Gasteiger partial charge in [0, 0.05) is 10.8 Å². The molecule has 4 aromatic rings. The zero-order valence-electron chi connectivity index (χ0n) is 14.0. The number of fused-ring (bicyclic) bond motifs is 3. The van der Waals surface area contributed by atoms with E-state index in [1.165, 1.54) is 0 Å². The number of nitrogens with one attached hydrogen (secondary N) is 1. The largest absolute Gasteiger partial charge is 0.504 e. The SMILES string of the molecule is CCOc1cc(/C=N\Nc2nn3cnnc3c3ccccc23)ccc1O. The number of hydrogen-bond acceptors (Lipinski definition) is 7. The first-order valence-corrected chi connectivity index (χ1v) is 8.10. The minimum absolute atomic E-state index is 0.0997. The molecule has 0 atom stereocenters. The molecule has 8 nitrogen and oxygen atoms in total. The van der Waals surface area contributed by atoms with Crippen LogP contribution in [0.25, 0.3) is 16.4 Å². The first-order valence-electron chi connectivity index (χ1n) is 8.10. The van der Waals surface area contributed by atoms with Gasteiger partial charge in [0.2, 0.25) is 0 Å². The summed E-state index contributed by atoms with van der Waals surface area (Å²) in [4.78, 5) is 0. The number of nitrogens with zero attached hydrogens (tertiary/aromatic N) is 5. The molecule has 0 saturated heterocycles. The van der Waals surface area contributed by atoms with Crippen molar-refractivity contribution >= 4 is 28.5 Å². The van der Waals surface area contributed by atoms with E-state index in [4.69, 9.17) is 4.74 Å². The molecule has 26 heavy (non-hydrogen) atoms. The lowest BCUT2D eigenvalue weighted by Crippen LogP contribution is -2.00. The van der Waals surface area contributed by atoms with Crippen LogP contribution in [0.3, 0.4) is 0 Å². The van der Waals surface area contributed by atoms with E-state index in [1.807, 2.05) is 31.2 Å². The van der Waals surface area contributed by atoms with Gasteiger partial charge < -0.3 is 9.84 Å². The number of anilines is 1. The Hall–Kier alpha value is -3.68. The Morgan fingerprint density at radius 1 is 1.23 bits per heavy atom. The Morgan fingerprint density at radius 3 is 2.92 bits per heavy atom. The number of aromatic hydroxyl groups is 1. The number of aromatic nitrogens is 4. The van der Waals surface area contributed by atoms with Crippen LogP contribution in [-0.2, 0) is 0 Å². The van der Waals surface area contributed by atoms with E-state index in [9.17, 15) is 5.11 Å². The Morgan fingerprint density at radius 2 is 2.08 bits per heavy atom. The Balaban J connectivity index is 1.65. The molecular formula is C18H16N6O2. The van der Waals surface area contributed by atoms with E-state index in [-0.39, 0.29) is 5.75 Å². The Labute approximate surface area is 148 Å². The highest BCUT2D eigenvalue weighted by molar-refractivity contribution is 5.99. The van der Waals surface area contributed by atoms with Crippen LogP contribution in [0.4, 0.5) is 5.82 Å². The van der Waals surface area contributed by atoms with Crippen molar-refractivity contribution in [2.45, 2.75) is 6.92 Å². The second-order valence-corrected chi connectivity index (χ2v) is 5.52. The topological polar surface area (TPSA) is 96.9 Å². The molecule has 2 N–H and O–H groups in total. The number of phenols is 1. The van der Waals surface area contributed by atoms with Crippen molar-refractivity contribution in [1.82, 2.24) is 19.8 Å². The summed E-state index contributed by atoms with van der Waals surface area (Å²) in [7, 11) is 0. The molecule has 0 saturated carbocycles. The van der Waals surface area contributed by atoms with Gasteiger partial charge in [0.25, 0.3) is 0 Å². The van der Waals surface area contributed by atoms with Crippen LogP contribution in [0, 0.1) is 0 Å². The van der Waals surface area contributed by atoms with Crippen LogP contribution < -0.4 is 10.2 Å². The first kappa shape index (κ1) is 15.8. The van der Waals surface area contributed by atoms with Crippen LogP contribution in [-0.4, -0.2) is 37.7 Å². The predicted octanol–water partition coefficient (Wildman–Crippen LogP) is 2.83. The van der Waals surface area contributed by atoms with E-state index in [0.717, 1.165) is 16.3 Å². The molecule has 0 unspecified atom stereocenters. The number of phenolic OH excluding ortho intramolecular Hbond substituents is 1. The number of hydrogen-bond donors (Lipinski definition) is 2. The second-order valence-electron chi connectivity index (χ2n) is 5.52. The summed E-state index contributed by atoms with van der Waals surface area (Å²) in [5, 5.41) is 28.3. The molecule has 0 aliphatic carbocycles. The fourth-order valence-corrected chi connectivity index (χ4v) is 2.66. The lowest BCUT2D eigenvalue weighted by atomic mass is 10.2. The van der Waals surface area contributed by atoms with Crippen LogP contribution >= 0.6 is 0 Å². The minimum Gasteiger partial charge on any atom is -0.504 e. The van der Waals surface area contributed by atoms with E-state index >= 15 is 0 Å². The molecule has 2 aromatic heterocycles. The number of ether oxygens (including phenoxy) is 1. The summed E-state index contributed by atoms with van der Waals surface area (Å²) in [5.41, 5.74) is 4.44. The van der Waals surface area contributed by atoms with Crippen molar-refractivity contribution in [1.29, 1.82) is 0 Å². The summed E-state index contributed by atoms with van der Waals surface area (Å²) in [6.45, 7) is 2.33. The summed E-state index contributed by atoms with van der Waals surface area (Å²) < 4.78 is 6.98. The molecule has 130 valence electrons. The molecule has 4 rings (SSSR count). The molecule has 2 aromatic carbocycles. The van der Waals surface area contributed by atoms with Gasteiger partial charge in [-0.25, -0.2) is 0 Å². The highest BCUT2D eigenvalue weighted by Gasteiger charge is 2.09. The van der Waals surface area contributed by atoms with Gasteiger partial charge >= 0.3 is 0 Å². The molecule has 0 aliphatic rings. The standard InChI is InChI=1S/C18H16N6O2/c1-2-26-16-9-12(7-8-15(16)25)10-19-21-17-13-5-3-4-6-14(13)18-22-20-11-24(18)23-17/h3-11,25H,2H2,1H3,(H,21,23)/b19-10-. The zero-order valence-corrected chi connectivity index (χ0v) is 14.0. The van der Waals surface area contributed by atoms with Gasteiger partial charge in [-0.1, -0.05) is 24.3 Å². The third kappa shape index (κ3) is 2.88. The van der Waals surface area contributed by atoms with Gasteiger partial charge in [-0.05, 0) is 30.7 Å². The number of hydrazone groups is 1. The van der Waals surface area contributed by atoms with Crippen LogP contribution in [0.1, 0.15) is 12.5 Å². The summed E-state index contributed by atoms with van der Waals surface area (Å²) in [6.07, 6.45) is 3.18. The van der Waals surface area contributed by atoms with Crippen molar-refractivity contribution in [3.05, 3.63) is 54.4 Å². The van der Waals surface area contributed by atoms with E-state index in [2.05, 4.69) is 25.8 Å². The molecule has 8 heteroatoms. The summed E-state index contributed by atoms with van der Waals surface area (Å²) in [6, 6.07) is 12.8.